The number of hydrogen-bond acceptors (Lipinski definition) is 2. The molecule has 2 rings (SSSR count). The molecular weight excluding hydrogens is 325 g/mol. The van der Waals surface area contributed by atoms with Crippen LogP contribution in [0.3, 0.4) is 0 Å². The van der Waals surface area contributed by atoms with Gasteiger partial charge >= 0.3 is 5.97 Å². The van der Waals surface area contributed by atoms with Crippen LogP contribution in [0.15, 0.2) is 18.2 Å². The highest BCUT2D eigenvalue weighted by Crippen LogP contribution is 2.31. The van der Waals surface area contributed by atoms with Crippen LogP contribution in [0.1, 0.15) is 31.2 Å². The second kappa shape index (κ2) is 7.84. The lowest BCUT2D eigenvalue weighted by Crippen LogP contribution is -2.30. The zero-order valence-corrected chi connectivity index (χ0v) is 13.7. The number of halogens is 2. The summed E-state index contributed by atoms with van der Waals surface area (Å²) in [7, 11) is 0. The van der Waals surface area contributed by atoms with Gasteiger partial charge in [0.15, 0.2) is 0 Å². The molecule has 0 aromatic heterocycles. The molecule has 120 valence electrons. The van der Waals surface area contributed by atoms with Gasteiger partial charge in [0.25, 0.3) is 0 Å². The van der Waals surface area contributed by atoms with Crippen LogP contribution in [-0.4, -0.2) is 23.5 Å². The van der Waals surface area contributed by atoms with E-state index in [1.54, 1.807) is 12.1 Å². The Balaban J connectivity index is 1.70. The third-order valence-corrected chi connectivity index (χ3v) is 4.68. The second-order valence-electron chi connectivity index (χ2n) is 5.68. The summed E-state index contributed by atoms with van der Waals surface area (Å²) in [5, 5.41) is 13.1. The van der Waals surface area contributed by atoms with E-state index >= 15 is 0 Å². The molecule has 6 heteroatoms. The van der Waals surface area contributed by atoms with Gasteiger partial charge in [-0.2, -0.15) is 0 Å². The average Bonchev–Trinajstić information content (AvgIpc) is 2.95. The van der Waals surface area contributed by atoms with Crippen LogP contribution in [0.4, 0.5) is 0 Å². The molecule has 1 aromatic carbocycles. The van der Waals surface area contributed by atoms with Gasteiger partial charge in [-0.1, -0.05) is 29.3 Å². The molecule has 4 nitrogen and oxygen atoms in total. The summed E-state index contributed by atoms with van der Waals surface area (Å²) in [4.78, 5) is 22.9. The Labute approximate surface area is 139 Å². The number of aryl methyl sites for hydroxylation is 1. The first-order chi connectivity index (χ1) is 10.5. The van der Waals surface area contributed by atoms with Gasteiger partial charge in [0.05, 0.1) is 5.92 Å². The van der Waals surface area contributed by atoms with Crippen LogP contribution in [-0.2, 0) is 16.0 Å². The van der Waals surface area contributed by atoms with Gasteiger partial charge in [0.1, 0.15) is 0 Å². The van der Waals surface area contributed by atoms with Crippen molar-refractivity contribution in [2.75, 3.05) is 6.54 Å². The molecule has 0 heterocycles. The molecule has 2 atom stereocenters. The molecule has 1 saturated carbocycles. The minimum absolute atomic E-state index is 0.0362. The summed E-state index contributed by atoms with van der Waals surface area (Å²) in [5.41, 5.74) is 1.01. The van der Waals surface area contributed by atoms with Gasteiger partial charge < -0.3 is 10.4 Å². The fraction of sp³-hybridized carbons (Fsp3) is 0.500. The van der Waals surface area contributed by atoms with Crippen LogP contribution in [0.5, 0.6) is 0 Å². The van der Waals surface area contributed by atoms with Crippen molar-refractivity contribution in [2.45, 2.75) is 32.1 Å². The van der Waals surface area contributed by atoms with E-state index in [-0.39, 0.29) is 17.7 Å². The average molecular weight is 344 g/mol. The predicted octanol–water partition coefficient (Wildman–Crippen LogP) is 3.54. The van der Waals surface area contributed by atoms with Gasteiger partial charge in [-0.05, 0) is 49.8 Å². The van der Waals surface area contributed by atoms with Gasteiger partial charge in [-0.15, -0.1) is 0 Å². The number of hydrogen-bond donors (Lipinski definition) is 2. The maximum Gasteiger partial charge on any atom is 0.306 e. The first kappa shape index (κ1) is 17.1. The van der Waals surface area contributed by atoms with Crippen molar-refractivity contribution >= 4 is 35.1 Å². The molecule has 1 aliphatic carbocycles. The van der Waals surface area contributed by atoms with Gasteiger partial charge in [-0.25, -0.2) is 0 Å². The minimum atomic E-state index is -0.798. The van der Waals surface area contributed by atoms with Crippen LogP contribution < -0.4 is 5.32 Å². The van der Waals surface area contributed by atoms with E-state index < -0.39 is 5.97 Å². The summed E-state index contributed by atoms with van der Waals surface area (Å²) in [6.45, 7) is 0.562. The summed E-state index contributed by atoms with van der Waals surface area (Å²) in [6, 6.07) is 5.40. The third kappa shape index (κ3) is 4.62. The number of amides is 1. The largest absolute Gasteiger partial charge is 0.481 e. The molecular formula is C16H19Cl2NO3. The van der Waals surface area contributed by atoms with E-state index in [1.165, 1.54) is 0 Å². The number of carboxylic acid groups (broad SMARTS) is 1. The molecule has 1 aromatic rings. The number of benzene rings is 1. The number of carboxylic acids is 1. The first-order valence-corrected chi connectivity index (χ1v) is 8.17. The van der Waals surface area contributed by atoms with Gasteiger partial charge in [-0.3, -0.25) is 9.59 Å². The fourth-order valence-corrected chi connectivity index (χ4v) is 3.31. The van der Waals surface area contributed by atoms with E-state index in [1.807, 2.05) is 6.07 Å². The number of aliphatic carboxylic acids is 1. The Morgan fingerprint density at radius 1 is 1.23 bits per heavy atom. The lowest BCUT2D eigenvalue weighted by atomic mass is 10.0. The number of carbonyl (C=O) groups excluding carboxylic acids is 1. The van der Waals surface area contributed by atoms with Gasteiger partial charge in [0, 0.05) is 22.5 Å². The van der Waals surface area contributed by atoms with Crippen molar-refractivity contribution in [3.05, 3.63) is 33.8 Å². The lowest BCUT2D eigenvalue weighted by molar-refractivity contribution is -0.141. The Morgan fingerprint density at radius 3 is 2.59 bits per heavy atom. The molecule has 2 N–H and O–H groups in total. The Bertz CT molecular complexity index is 562. The quantitative estimate of drug-likeness (QED) is 0.776. The number of rotatable bonds is 6. The molecule has 0 aliphatic heterocycles. The zero-order valence-electron chi connectivity index (χ0n) is 12.1. The maximum atomic E-state index is 12.0. The third-order valence-electron chi connectivity index (χ3n) is 4.09. The maximum absolute atomic E-state index is 12.0. The Morgan fingerprint density at radius 2 is 1.95 bits per heavy atom. The standard InChI is InChI=1S/C16H19Cl2NO3/c17-13-6-5-10(14(18)9-13)2-1-7-19-15(20)11-3-4-12(8-11)16(21)22/h5-6,9,11-12H,1-4,7-8H2,(H,19,20)(H,21,22)/t11-,12+/m0/s1. The molecule has 0 radical (unpaired) electrons. The molecule has 0 unspecified atom stereocenters. The number of nitrogens with one attached hydrogen (secondary N) is 1. The normalized spacial score (nSPS) is 20.8. The smallest absolute Gasteiger partial charge is 0.306 e. The van der Waals surface area contributed by atoms with E-state index in [9.17, 15) is 9.59 Å². The highest BCUT2D eigenvalue weighted by molar-refractivity contribution is 6.35. The topological polar surface area (TPSA) is 66.4 Å². The van der Waals surface area contributed by atoms with E-state index in [0.717, 1.165) is 18.4 Å². The molecule has 0 bridgehead atoms. The van der Waals surface area contributed by atoms with Crippen molar-refractivity contribution < 1.29 is 14.7 Å². The van der Waals surface area contributed by atoms with E-state index in [4.69, 9.17) is 28.3 Å². The number of carbonyl (C=O) groups is 2. The fourth-order valence-electron chi connectivity index (χ4n) is 2.80. The highest BCUT2D eigenvalue weighted by atomic mass is 35.5. The SMILES string of the molecule is O=C(O)[C@@H]1CC[C@H](C(=O)NCCCc2ccc(Cl)cc2Cl)C1. The summed E-state index contributed by atoms with van der Waals surface area (Å²) in [5.74, 6) is -1.37. The van der Waals surface area contributed by atoms with Crippen LogP contribution in [0.25, 0.3) is 0 Å². The van der Waals surface area contributed by atoms with Crippen molar-refractivity contribution in [2.24, 2.45) is 11.8 Å². The van der Waals surface area contributed by atoms with E-state index in [2.05, 4.69) is 5.32 Å². The van der Waals surface area contributed by atoms with Crippen molar-refractivity contribution in [1.29, 1.82) is 0 Å². The lowest BCUT2D eigenvalue weighted by Gasteiger charge is -2.11. The highest BCUT2D eigenvalue weighted by Gasteiger charge is 2.33. The zero-order chi connectivity index (χ0) is 16.1. The molecule has 1 fully saturated rings. The second-order valence-corrected chi connectivity index (χ2v) is 6.52. The predicted molar refractivity (Wildman–Crippen MR) is 86.3 cm³/mol. The molecule has 0 saturated heterocycles. The first-order valence-electron chi connectivity index (χ1n) is 7.42. The summed E-state index contributed by atoms with van der Waals surface area (Å²) < 4.78 is 0. The van der Waals surface area contributed by atoms with Crippen LogP contribution in [0, 0.1) is 11.8 Å². The monoisotopic (exact) mass is 343 g/mol. The van der Waals surface area contributed by atoms with Crippen LogP contribution in [0.2, 0.25) is 10.0 Å². The summed E-state index contributed by atoms with van der Waals surface area (Å²) >= 11 is 11.9. The molecule has 22 heavy (non-hydrogen) atoms. The Kier molecular flexibility index (Phi) is 6.09. The Hall–Kier alpha value is -1.26. The van der Waals surface area contributed by atoms with Crippen molar-refractivity contribution in [1.82, 2.24) is 5.32 Å². The summed E-state index contributed by atoms with van der Waals surface area (Å²) in [6.07, 6.45) is 3.24. The minimum Gasteiger partial charge on any atom is -0.481 e. The van der Waals surface area contributed by atoms with E-state index in [0.29, 0.717) is 35.9 Å². The van der Waals surface area contributed by atoms with Gasteiger partial charge in [0.2, 0.25) is 5.91 Å². The molecule has 0 spiro atoms. The molecule has 1 amide bonds. The van der Waals surface area contributed by atoms with Crippen molar-refractivity contribution in [3.8, 4) is 0 Å². The van der Waals surface area contributed by atoms with Crippen molar-refractivity contribution in [3.63, 3.8) is 0 Å². The molecule has 1 aliphatic rings. The van der Waals surface area contributed by atoms with Crippen LogP contribution >= 0.6 is 23.2 Å².